The molecular weight excluding hydrogens is 192 g/mol. The molecule has 0 radical (unpaired) electrons. The van der Waals surface area contributed by atoms with Crippen molar-refractivity contribution in [2.45, 2.75) is 13.2 Å². The first-order chi connectivity index (χ1) is 7.34. The topological polar surface area (TPSA) is 58.1 Å². The molecule has 0 bridgehead atoms. The van der Waals surface area contributed by atoms with Gasteiger partial charge in [-0.2, -0.15) is 0 Å². The fourth-order valence-corrected chi connectivity index (χ4v) is 1.26. The van der Waals surface area contributed by atoms with E-state index in [2.05, 4.69) is 9.97 Å². The lowest BCUT2D eigenvalue weighted by molar-refractivity contribution is 0.102. The standard InChI is InChI=1S/C11H12N2O2/c14-11-6-12-10(13-11)8-15-7-9-4-2-1-3-5-9/h1-6,14H,7-8H2,(H,12,13). The number of aromatic hydroxyl groups is 1. The van der Waals surface area contributed by atoms with Gasteiger partial charge < -0.3 is 14.8 Å². The number of rotatable bonds is 4. The summed E-state index contributed by atoms with van der Waals surface area (Å²) in [6, 6.07) is 9.90. The van der Waals surface area contributed by atoms with Crippen LogP contribution >= 0.6 is 0 Å². The van der Waals surface area contributed by atoms with E-state index in [1.54, 1.807) is 0 Å². The Labute approximate surface area is 87.6 Å². The molecule has 0 spiro atoms. The third-order valence-electron chi connectivity index (χ3n) is 1.97. The number of nitrogens with zero attached hydrogens (tertiary/aromatic N) is 1. The number of imidazole rings is 1. The molecule has 0 saturated heterocycles. The summed E-state index contributed by atoms with van der Waals surface area (Å²) in [5, 5.41) is 9.00. The molecule has 0 aliphatic rings. The predicted octanol–water partition coefficient (Wildman–Crippen LogP) is 1.83. The highest BCUT2D eigenvalue weighted by Gasteiger charge is 1.98. The predicted molar refractivity (Wildman–Crippen MR) is 55.2 cm³/mol. The summed E-state index contributed by atoms with van der Waals surface area (Å²) in [6.07, 6.45) is 1.36. The average Bonchev–Trinajstić information content (AvgIpc) is 2.66. The Bertz CT molecular complexity index is 412. The zero-order valence-electron chi connectivity index (χ0n) is 8.18. The van der Waals surface area contributed by atoms with Gasteiger partial charge in [-0.1, -0.05) is 30.3 Å². The second kappa shape index (κ2) is 4.61. The lowest BCUT2D eigenvalue weighted by Crippen LogP contribution is -1.95. The van der Waals surface area contributed by atoms with E-state index < -0.39 is 0 Å². The van der Waals surface area contributed by atoms with Gasteiger partial charge >= 0.3 is 0 Å². The Morgan fingerprint density at radius 2 is 2.00 bits per heavy atom. The van der Waals surface area contributed by atoms with Crippen LogP contribution in [0.25, 0.3) is 0 Å². The first kappa shape index (κ1) is 9.73. The number of ether oxygens (including phenoxy) is 1. The van der Waals surface area contributed by atoms with E-state index in [-0.39, 0.29) is 5.88 Å². The van der Waals surface area contributed by atoms with Crippen molar-refractivity contribution in [3.8, 4) is 5.88 Å². The highest BCUT2D eigenvalue weighted by atomic mass is 16.5. The third-order valence-corrected chi connectivity index (χ3v) is 1.97. The van der Waals surface area contributed by atoms with E-state index in [9.17, 15) is 0 Å². The normalized spacial score (nSPS) is 10.4. The second-order valence-corrected chi connectivity index (χ2v) is 3.19. The van der Waals surface area contributed by atoms with Crippen molar-refractivity contribution in [2.75, 3.05) is 0 Å². The van der Waals surface area contributed by atoms with E-state index >= 15 is 0 Å². The van der Waals surface area contributed by atoms with Crippen LogP contribution in [0, 0.1) is 0 Å². The molecule has 1 heterocycles. The van der Waals surface area contributed by atoms with Crippen LogP contribution in [0.15, 0.2) is 36.5 Å². The van der Waals surface area contributed by atoms with Crippen molar-refractivity contribution < 1.29 is 9.84 Å². The summed E-state index contributed by atoms with van der Waals surface area (Å²) >= 11 is 0. The summed E-state index contributed by atoms with van der Waals surface area (Å²) in [5.41, 5.74) is 1.12. The molecular formula is C11H12N2O2. The van der Waals surface area contributed by atoms with Crippen molar-refractivity contribution in [1.29, 1.82) is 0 Å². The molecule has 0 amide bonds. The van der Waals surface area contributed by atoms with Crippen LogP contribution in [0.2, 0.25) is 0 Å². The molecule has 0 aliphatic carbocycles. The van der Waals surface area contributed by atoms with Gasteiger partial charge in [0, 0.05) is 0 Å². The first-order valence-corrected chi connectivity index (χ1v) is 4.69. The molecule has 2 rings (SSSR count). The molecule has 0 atom stereocenters. The van der Waals surface area contributed by atoms with Gasteiger partial charge in [-0.05, 0) is 5.56 Å². The maximum absolute atomic E-state index is 9.00. The first-order valence-electron chi connectivity index (χ1n) is 4.69. The van der Waals surface area contributed by atoms with E-state index in [0.29, 0.717) is 19.0 Å². The molecule has 15 heavy (non-hydrogen) atoms. The maximum atomic E-state index is 9.00. The third kappa shape index (κ3) is 2.82. The molecule has 0 aliphatic heterocycles. The van der Waals surface area contributed by atoms with E-state index in [0.717, 1.165) is 5.56 Å². The highest BCUT2D eigenvalue weighted by Crippen LogP contribution is 2.06. The quantitative estimate of drug-likeness (QED) is 0.798. The molecule has 2 aromatic rings. The van der Waals surface area contributed by atoms with Crippen LogP contribution < -0.4 is 0 Å². The SMILES string of the molecule is Oc1cnc(COCc2ccccc2)[nH]1. The minimum atomic E-state index is 0.0633. The zero-order valence-corrected chi connectivity index (χ0v) is 8.18. The fraction of sp³-hybridized carbons (Fsp3) is 0.182. The minimum absolute atomic E-state index is 0.0633. The molecule has 2 N–H and O–H groups in total. The van der Waals surface area contributed by atoms with Crippen LogP contribution in [-0.4, -0.2) is 15.1 Å². The average molecular weight is 204 g/mol. The van der Waals surface area contributed by atoms with Crippen molar-refractivity contribution in [3.05, 3.63) is 47.9 Å². The number of hydrogen-bond acceptors (Lipinski definition) is 3. The molecule has 0 unspecified atom stereocenters. The summed E-state index contributed by atoms with van der Waals surface area (Å²) in [4.78, 5) is 6.60. The van der Waals surface area contributed by atoms with Gasteiger partial charge in [0.2, 0.25) is 5.88 Å². The van der Waals surface area contributed by atoms with Gasteiger partial charge in [0.05, 0.1) is 12.8 Å². The van der Waals surface area contributed by atoms with Gasteiger partial charge in [-0.15, -0.1) is 0 Å². The number of nitrogens with one attached hydrogen (secondary N) is 1. The Balaban J connectivity index is 1.80. The molecule has 1 aromatic carbocycles. The number of H-pyrrole nitrogens is 1. The Kier molecular flexibility index (Phi) is 2.99. The smallest absolute Gasteiger partial charge is 0.208 e. The second-order valence-electron chi connectivity index (χ2n) is 3.19. The summed E-state index contributed by atoms with van der Waals surface area (Å²) in [7, 11) is 0. The Morgan fingerprint density at radius 1 is 1.20 bits per heavy atom. The van der Waals surface area contributed by atoms with Gasteiger partial charge in [0.25, 0.3) is 0 Å². The monoisotopic (exact) mass is 204 g/mol. The van der Waals surface area contributed by atoms with Crippen LogP contribution in [0.3, 0.4) is 0 Å². The van der Waals surface area contributed by atoms with Gasteiger partial charge in [0.15, 0.2) is 0 Å². The fourth-order valence-electron chi connectivity index (χ4n) is 1.26. The Morgan fingerprint density at radius 3 is 2.67 bits per heavy atom. The number of benzene rings is 1. The largest absolute Gasteiger partial charge is 0.493 e. The van der Waals surface area contributed by atoms with Crippen LogP contribution in [0.5, 0.6) is 5.88 Å². The minimum Gasteiger partial charge on any atom is -0.493 e. The van der Waals surface area contributed by atoms with Crippen LogP contribution in [0.1, 0.15) is 11.4 Å². The lowest BCUT2D eigenvalue weighted by Gasteiger charge is -2.01. The lowest BCUT2D eigenvalue weighted by atomic mass is 10.2. The number of aromatic amines is 1. The van der Waals surface area contributed by atoms with Crippen LogP contribution in [-0.2, 0) is 18.0 Å². The Hall–Kier alpha value is -1.81. The van der Waals surface area contributed by atoms with Crippen molar-refractivity contribution >= 4 is 0 Å². The highest BCUT2D eigenvalue weighted by molar-refractivity contribution is 5.13. The van der Waals surface area contributed by atoms with Gasteiger partial charge in [-0.25, -0.2) is 4.98 Å². The molecule has 0 fully saturated rings. The van der Waals surface area contributed by atoms with E-state index in [4.69, 9.17) is 9.84 Å². The molecule has 4 nitrogen and oxygen atoms in total. The molecule has 78 valence electrons. The molecule has 1 aromatic heterocycles. The van der Waals surface area contributed by atoms with E-state index in [1.165, 1.54) is 6.20 Å². The summed E-state index contributed by atoms with van der Waals surface area (Å²) in [5.74, 6) is 0.691. The maximum Gasteiger partial charge on any atom is 0.208 e. The zero-order chi connectivity index (χ0) is 10.5. The summed E-state index contributed by atoms with van der Waals surface area (Å²) in [6.45, 7) is 0.914. The molecule has 0 saturated carbocycles. The van der Waals surface area contributed by atoms with Crippen molar-refractivity contribution in [2.24, 2.45) is 0 Å². The van der Waals surface area contributed by atoms with Crippen LogP contribution in [0.4, 0.5) is 0 Å². The molecule has 4 heteroatoms. The van der Waals surface area contributed by atoms with Crippen molar-refractivity contribution in [1.82, 2.24) is 9.97 Å². The summed E-state index contributed by atoms with van der Waals surface area (Å²) < 4.78 is 5.41. The van der Waals surface area contributed by atoms with Crippen molar-refractivity contribution in [3.63, 3.8) is 0 Å². The van der Waals surface area contributed by atoms with Gasteiger partial charge in [0.1, 0.15) is 12.4 Å². The van der Waals surface area contributed by atoms with E-state index in [1.807, 2.05) is 30.3 Å². The number of aromatic nitrogens is 2. The number of hydrogen-bond donors (Lipinski definition) is 2. The van der Waals surface area contributed by atoms with Gasteiger partial charge in [-0.3, -0.25) is 0 Å².